The number of rotatable bonds is 2. The summed E-state index contributed by atoms with van der Waals surface area (Å²) in [5.41, 5.74) is 5.65. The van der Waals surface area contributed by atoms with E-state index in [1.54, 1.807) is 0 Å². The van der Waals surface area contributed by atoms with E-state index in [9.17, 15) is 13.2 Å². The van der Waals surface area contributed by atoms with Gasteiger partial charge in [0.1, 0.15) is 11.5 Å². The number of nitrogens with two attached hydrogens (primary N) is 1. The van der Waals surface area contributed by atoms with Crippen LogP contribution >= 0.6 is 0 Å². The van der Waals surface area contributed by atoms with Crippen LogP contribution in [0.1, 0.15) is 0 Å². The molecule has 0 aliphatic rings. The lowest BCUT2D eigenvalue weighted by atomic mass is 10.3. The molecular weight excluding hydrogens is 199 g/mol. The fourth-order valence-electron chi connectivity index (χ4n) is 0.889. The molecule has 3 nitrogen and oxygen atoms in total. The summed E-state index contributed by atoms with van der Waals surface area (Å²) in [6.45, 7) is 0. The third kappa shape index (κ3) is 2.72. The van der Waals surface area contributed by atoms with E-state index in [0.717, 1.165) is 12.1 Å². The molecule has 0 saturated heterocycles. The molecule has 0 amide bonds. The Morgan fingerprint density at radius 3 is 2.43 bits per heavy atom. The van der Waals surface area contributed by atoms with Gasteiger partial charge in [0.2, 0.25) is 0 Å². The summed E-state index contributed by atoms with van der Waals surface area (Å²) in [7, 11) is 1.31. The molecule has 0 heterocycles. The summed E-state index contributed by atoms with van der Waals surface area (Å²) in [4.78, 5) is 0. The summed E-state index contributed by atoms with van der Waals surface area (Å²) >= 11 is 0. The van der Waals surface area contributed by atoms with Gasteiger partial charge in [0, 0.05) is 6.07 Å². The predicted octanol–water partition coefficient (Wildman–Crippen LogP) is 2.18. The minimum absolute atomic E-state index is 0.145. The molecule has 0 aromatic heterocycles. The Bertz CT molecular complexity index is 325. The van der Waals surface area contributed by atoms with Crippen molar-refractivity contribution in [2.45, 2.75) is 6.36 Å². The zero-order valence-corrected chi connectivity index (χ0v) is 7.26. The molecule has 0 unspecified atom stereocenters. The lowest BCUT2D eigenvalue weighted by Crippen LogP contribution is -2.17. The maximum absolute atomic E-state index is 11.8. The number of ether oxygens (including phenoxy) is 2. The molecule has 1 rings (SSSR count). The number of hydrogen-bond acceptors (Lipinski definition) is 3. The SMILES string of the molecule is COc1cc(OC(F)(F)F)ccc1N. The molecule has 1 aromatic rings. The highest BCUT2D eigenvalue weighted by molar-refractivity contribution is 5.55. The van der Waals surface area contributed by atoms with Crippen LogP contribution in [-0.2, 0) is 0 Å². The van der Waals surface area contributed by atoms with Crippen LogP contribution in [0, 0.1) is 0 Å². The molecule has 1 aromatic carbocycles. The van der Waals surface area contributed by atoms with Gasteiger partial charge < -0.3 is 15.2 Å². The zero-order chi connectivity index (χ0) is 10.8. The highest BCUT2D eigenvalue weighted by atomic mass is 19.4. The molecule has 0 aliphatic carbocycles. The van der Waals surface area contributed by atoms with E-state index < -0.39 is 6.36 Å². The summed E-state index contributed by atoms with van der Waals surface area (Å²) in [5.74, 6) is -0.213. The first kappa shape index (κ1) is 10.5. The molecule has 78 valence electrons. The van der Waals surface area contributed by atoms with Crippen molar-refractivity contribution in [2.75, 3.05) is 12.8 Å². The molecule has 0 saturated carbocycles. The lowest BCUT2D eigenvalue weighted by molar-refractivity contribution is -0.274. The molecule has 14 heavy (non-hydrogen) atoms. The fraction of sp³-hybridized carbons (Fsp3) is 0.250. The van der Waals surface area contributed by atoms with Crippen LogP contribution in [0.15, 0.2) is 18.2 Å². The van der Waals surface area contributed by atoms with Gasteiger partial charge in [0.25, 0.3) is 0 Å². The number of benzene rings is 1. The molecule has 6 heteroatoms. The summed E-state index contributed by atoms with van der Waals surface area (Å²) < 4.78 is 43.7. The second kappa shape index (κ2) is 3.65. The van der Waals surface area contributed by atoms with Crippen LogP contribution in [0.3, 0.4) is 0 Å². The van der Waals surface area contributed by atoms with E-state index in [2.05, 4.69) is 4.74 Å². The molecule has 0 radical (unpaired) electrons. The Morgan fingerprint density at radius 1 is 1.29 bits per heavy atom. The Hall–Kier alpha value is -1.59. The Morgan fingerprint density at radius 2 is 1.93 bits per heavy atom. The highest BCUT2D eigenvalue weighted by Gasteiger charge is 2.31. The Kier molecular flexibility index (Phi) is 2.73. The van der Waals surface area contributed by atoms with Crippen molar-refractivity contribution in [3.8, 4) is 11.5 Å². The number of alkyl halides is 3. The molecule has 0 fully saturated rings. The number of hydrogen-bond donors (Lipinski definition) is 1. The van der Waals surface area contributed by atoms with Crippen molar-refractivity contribution >= 4 is 5.69 Å². The second-order valence-corrected chi connectivity index (χ2v) is 2.45. The van der Waals surface area contributed by atoms with Crippen LogP contribution < -0.4 is 15.2 Å². The maximum atomic E-state index is 11.8. The van der Waals surface area contributed by atoms with Gasteiger partial charge in [-0.25, -0.2) is 0 Å². The molecule has 0 bridgehead atoms. The number of methoxy groups -OCH3 is 1. The fourth-order valence-corrected chi connectivity index (χ4v) is 0.889. The third-order valence-corrected chi connectivity index (χ3v) is 1.44. The minimum atomic E-state index is -4.71. The van der Waals surface area contributed by atoms with Crippen LogP contribution in [-0.4, -0.2) is 13.5 Å². The summed E-state index contributed by atoms with van der Waals surface area (Å²) in [5, 5.41) is 0. The third-order valence-electron chi connectivity index (χ3n) is 1.44. The molecular formula is C8H8F3NO2. The molecule has 2 N–H and O–H groups in total. The van der Waals surface area contributed by atoms with E-state index in [1.807, 2.05) is 0 Å². The normalized spacial score (nSPS) is 11.1. The van der Waals surface area contributed by atoms with Crippen molar-refractivity contribution in [3.63, 3.8) is 0 Å². The van der Waals surface area contributed by atoms with E-state index in [1.165, 1.54) is 13.2 Å². The lowest BCUT2D eigenvalue weighted by Gasteiger charge is -2.10. The van der Waals surface area contributed by atoms with E-state index in [4.69, 9.17) is 10.5 Å². The molecule has 0 aliphatic heterocycles. The average Bonchev–Trinajstić information content (AvgIpc) is 2.06. The first-order valence-corrected chi connectivity index (χ1v) is 3.61. The zero-order valence-electron chi connectivity index (χ0n) is 7.26. The van der Waals surface area contributed by atoms with Gasteiger partial charge >= 0.3 is 6.36 Å². The summed E-state index contributed by atoms with van der Waals surface area (Å²) in [6, 6.07) is 3.47. The Balaban J connectivity index is 2.90. The van der Waals surface area contributed by atoms with Crippen molar-refractivity contribution in [3.05, 3.63) is 18.2 Å². The monoisotopic (exact) mass is 207 g/mol. The Labute approximate surface area is 78.2 Å². The maximum Gasteiger partial charge on any atom is 0.573 e. The number of halogens is 3. The largest absolute Gasteiger partial charge is 0.573 e. The molecule has 0 atom stereocenters. The number of anilines is 1. The van der Waals surface area contributed by atoms with Crippen molar-refractivity contribution in [1.29, 1.82) is 0 Å². The van der Waals surface area contributed by atoms with Gasteiger partial charge in [-0.3, -0.25) is 0 Å². The van der Waals surface area contributed by atoms with E-state index in [-0.39, 0.29) is 17.2 Å². The topological polar surface area (TPSA) is 44.5 Å². The van der Waals surface area contributed by atoms with Gasteiger partial charge in [-0.05, 0) is 12.1 Å². The summed E-state index contributed by atoms with van der Waals surface area (Å²) in [6.07, 6.45) is -4.71. The second-order valence-electron chi connectivity index (χ2n) is 2.45. The van der Waals surface area contributed by atoms with Gasteiger partial charge in [0.15, 0.2) is 0 Å². The first-order chi connectivity index (χ1) is 6.42. The quantitative estimate of drug-likeness (QED) is 0.756. The van der Waals surface area contributed by atoms with Gasteiger partial charge in [-0.2, -0.15) is 0 Å². The van der Waals surface area contributed by atoms with Gasteiger partial charge in [-0.15, -0.1) is 13.2 Å². The van der Waals surface area contributed by atoms with Crippen LogP contribution in [0.5, 0.6) is 11.5 Å². The predicted molar refractivity (Wildman–Crippen MR) is 44.1 cm³/mol. The van der Waals surface area contributed by atoms with Crippen molar-refractivity contribution in [2.24, 2.45) is 0 Å². The van der Waals surface area contributed by atoms with Crippen LogP contribution in [0.4, 0.5) is 18.9 Å². The molecule has 0 spiro atoms. The first-order valence-electron chi connectivity index (χ1n) is 3.61. The smallest absolute Gasteiger partial charge is 0.494 e. The average molecular weight is 207 g/mol. The standard InChI is InChI=1S/C8H8F3NO2/c1-13-7-4-5(2-3-6(7)12)14-8(9,10)11/h2-4H,12H2,1H3. The minimum Gasteiger partial charge on any atom is -0.494 e. The van der Waals surface area contributed by atoms with E-state index in [0.29, 0.717) is 0 Å². The van der Waals surface area contributed by atoms with E-state index >= 15 is 0 Å². The van der Waals surface area contributed by atoms with Crippen molar-refractivity contribution < 1.29 is 22.6 Å². The van der Waals surface area contributed by atoms with Crippen LogP contribution in [0.25, 0.3) is 0 Å². The van der Waals surface area contributed by atoms with Crippen LogP contribution in [0.2, 0.25) is 0 Å². The van der Waals surface area contributed by atoms with Gasteiger partial charge in [0.05, 0.1) is 12.8 Å². The van der Waals surface area contributed by atoms with Gasteiger partial charge in [-0.1, -0.05) is 0 Å². The van der Waals surface area contributed by atoms with Crippen molar-refractivity contribution in [1.82, 2.24) is 0 Å². The highest BCUT2D eigenvalue weighted by Crippen LogP contribution is 2.29. The number of nitrogen functional groups attached to an aromatic ring is 1.